The van der Waals surface area contributed by atoms with Crippen molar-refractivity contribution in [3.63, 3.8) is 0 Å². The van der Waals surface area contributed by atoms with Gasteiger partial charge in [0.25, 0.3) is 5.91 Å². The van der Waals surface area contributed by atoms with Crippen molar-refractivity contribution >= 4 is 17.5 Å². The van der Waals surface area contributed by atoms with Crippen molar-refractivity contribution in [2.24, 2.45) is 0 Å². The highest BCUT2D eigenvalue weighted by Crippen LogP contribution is 2.21. The predicted octanol–water partition coefficient (Wildman–Crippen LogP) is 3.47. The molecular formula is C17H24ClNO2. The Labute approximate surface area is 132 Å². The van der Waals surface area contributed by atoms with E-state index in [1.54, 1.807) is 0 Å². The summed E-state index contributed by atoms with van der Waals surface area (Å²) in [6, 6.07) is 4.16. The van der Waals surface area contributed by atoms with Gasteiger partial charge in [0.1, 0.15) is 0 Å². The SMILES string of the molecule is Cc1cc(C)c(C(=O)N2CCC(OCCCl)CC2)c(C)c1. The number of carbonyl (C=O) groups is 1. The van der Waals surface area contributed by atoms with Crippen molar-refractivity contribution in [3.8, 4) is 0 Å². The summed E-state index contributed by atoms with van der Waals surface area (Å²) in [5, 5.41) is 0. The topological polar surface area (TPSA) is 29.5 Å². The van der Waals surface area contributed by atoms with Crippen LogP contribution in [0.25, 0.3) is 0 Å². The molecule has 116 valence electrons. The van der Waals surface area contributed by atoms with Gasteiger partial charge < -0.3 is 9.64 Å². The maximum Gasteiger partial charge on any atom is 0.254 e. The van der Waals surface area contributed by atoms with Gasteiger partial charge in [-0.1, -0.05) is 17.7 Å². The molecule has 0 N–H and O–H groups in total. The fraction of sp³-hybridized carbons (Fsp3) is 0.588. The molecule has 1 amide bonds. The maximum atomic E-state index is 12.7. The average molecular weight is 310 g/mol. The number of aryl methyl sites for hydroxylation is 3. The standard InChI is InChI=1S/C17H24ClNO2/c1-12-10-13(2)16(14(3)11-12)17(20)19-7-4-15(5-8-19)21-9-6-18/h10-11,15H,4-9H2,1-3H3. The number of nitrogens with zero attached hydrogens (tertiary/aromatic N) is 1. The van der Waals surface area contributed by atoms with Crippen molar-refractivity contribution < 1.29 is 9.53 Å². The lowest BCUT2D eigenvalue weighted by Gasteiger charge is -2.32. The summed E-state index contributed by atoms with van der Waals surface area (Å²) in [5.41, 5.74) is 4.20. The van der Waals surface area contributed by atoms with E-state index in [-0.39, 0.29) is 12.0 Å². The Kier molecular flexibility index (Phi) is 5.65. The van der Waals surface area contributed by atoms with Crippen molar-refractivity contribution in [2.75, 3.05) is 25.6 Å². The summed E-state index contributed by atoms with van der Waals surface area (Å²) >= 11 is 5.64. The van der Waals surface area contributed by atoms with Gasteiger partial charge in [-0.15, -0.1) is 11.6 Å². The van der Waals surface area contributed by atoms with Crippen LogP contribution in [0.4, 0.5) is 0 Å². The van der Waals surface area contributed by atoms with Gasteiger partial charge in [-0.05, 0) is 44.7 Å². The molecule has 0 spiro atoms. The first-order chi connectivity index (χ1) is 10.0. The molecule has 3 nitrogen and oxygen atoms in total. The quantitative estimate of drug-likeness (QED) is 0.797. The minimum Gasteiger partial charge on any atom is -0.377 e. The number of rotatable bonds is 4. The van der Waals surface area contributed by atoms with Crippen LogP contribution in [0.1, 0.15) is 39.9 Å². The van der Waals surface area contributed by atoms with Crippen LogP contribution in [-0.4, -0.2) is 42.5 Å². The van der Waals surface area contributed by atoms with Crippen LogP contribution < -0.4 is 0 Å². The molecule has 0 radical (unpaired) electrons. The second kappa shape index (κ2) is 7.28. The summed E-state index contributed by atoms with van der Waals surface area (Å²) < 4.78 is 5.66. The molecule has 0 saturated carbocycles. The lowest BCUT2D eigenvalue weighted by Crippen LogP contribution is -2.41. The van der Waals surface area contributed by atoms with Gasteiger partial charge in [0.2, 0.25) is 0 Å². The molecule has 0 bridgehead atoms. The van der Waals surface area contributed by atoms with E-state index in [0.717, 1.165) is 42.6 Å². The molecule has 0 aliphatic carbocycles. The minimum absolute atomic E-state index is 0.154. The van der Waals surface area contributed by atoms with Gasteiger partial charge in [-0.25, -0.2) is 0 Å². The van der Waals surface area contributed by atoms with Gasteiger partial charge >= 0.3 is 0 Å². The minimum atomic E-state index is 0.154. The zero-order valence-electron chi connectivity index (χ0n) is 13.1. The highest BCUT2D eigenvalue weighted by Gasteiger charge is 2.25. The van der Waals surface area contributed by atoms with E-state index < -0.39 is 0 Å². The normalized spacial score (nSPS) is 16.3. The third-order valence-corrected chi connectivity index (χ3v) is 4.21. The zero-order chi connectivity index (χ0) is 15.4. The molecule has 1 aliphatic rings. The van der Waals surface area contributed by atoms with Crippen LogP contribution in [0.15, 0.2) is 12.1 Å². The number of likely N-dealkylation sites (tertiary alicyclic amines) is 1. The Bertz CT molecular complexity index is 485. The van der Waals surface area contributed by atoms with Crippen LogP contribution in [0.3, 0.4) is 0 Å². The number of hydrogen-bond acceptors (Lipinski definition) is 2. The Hall–Kier alpha value is -1.06. The number of amides is 1. The number of alkyl halides is 1. The van der Waals surface area contributed by atoms with E-state index in [2.05, 4.69) is 19.1 Å². The van der Waals surface area contributed by atoms with Gasteiger partial charge in [0.05, 0.1) is 12.7 Å². The highest BCUT2D eigenvalue weighted by atomic mass is 35.5. The molecule has 21 heavy (non-hydrogen) atoms. The molecular weight excluding hydrogens is 286 g/mol. The molecule has 1 heterocycles. The Balaban J connectivity index is 2.02. The van der Waals surface area contributed by atoms with E-state index in [1.165, 1.54) is 5.56 Å². The summed E-state index contributed by atoms with van der Waals surface area (Å²) in [6.45, 7) is 8.22. The number of benzene rings is 1. The van der Waals surface area contributed by atoms with Crippen molar-refractivity contribution in [3.05, 3.63) is 34.4 Å². The Morgan fingerprint density at radius 3 is 2.33 bits per heavy atom. The average Bonchev–Trinajstić information content (AvgIpc) is 2.44. The molecule has 1 fully saturated rings. The number of ether oxygens (including phenoxy) is 1. The van der Waals surface area contributed by atoms with Gasteiger partial charge in [-0.3, -0.25) is 4.79 Å². The van der Waals surface area contributed by atoms with Crippen molar-refractivity contribution in [2.45, 2.75) is 39.7 Å². The molecule has 4 heteroatoms. The smallest absolute Gasteiger partial charge is 0.254 e. The molecule has 0 atom stereocenters. The van der Waals surface area contributed by atoms with Crippen LogP contribution >= 0.6 is 11.6 Å². The first kappa shape index (κ1) is 16.3. The largest absolute Gasteiger partial charge is 0.377 e. The molecule has 1 aliphatic heterocycles. The summed E-state index contributed by atoms with van der Waals surface area (Å²) in [7, 11) is 0. The molecule has 1 saturated heterocycles. The lowest BCUT2D eigenvalue weighted by molar-refractivity contribution is 0.0153. The lowest BCUT2D eigenvalue weighted by atomic mass is 9.97. The molecule has 1 aromatic carbocycles. The fourth-order valence-corrected chi connectivity index (χ4v) is 3.20. The van der Waals surface area contributed by atoms with Crippen LogP contribution in [0, 0.1) is 20.8 Å². The molecule has 1 aromatic rings. The van der Waals surface area contributed by atoms with E-state index >= 15 is 0 Å². The van der Waals surface area contributed by atoms with E-state index in [0.29, 0.717) is 12.5 Å². The molecule has 0 aromatic heterocycles. The predicted molar refractivity (Wildman–Crippen MR) is 86.3 cm³/mol. The summed E-state index contributed by atoms with van der Waals surface area (Å²) in [4.78, 5) is 14.7. The fourth-order valence-electron chi connectivity index (χ4n) is 3.11. The van der Waals surface area contributed by atoms with Crippen LogP contribution in [0.2, 0.25) is 0 Å². The van der Waals surface area contributed by atoms with Crippen LogP contribution in [0.5, 0.6) is 0 Å². The van der Waals surface area contributed by atoms with E-state index in [4.69, 9.17) is 16.3 Å². The first-order valence-electron chi connectivity index (χ1n) is 7.57. The van der Waals surface area contributed by atoms with Gasteiger partial charge in [0, 0.05) is 24.5 Å². The monoisotopic (exact) mass is 309 g/mol. The molecule has 2 rings (SSSR count). The zero-order valence-corrected chi connectivity index (χ0v) is 13.9. The Morgan fingerprint density at radius 2 is 1.81 bits per heavy atom. The van der Waals surface area contributed by atoms with Gasteiger partial charge in [0.15, 0.2) is 0 Å². The van der Waals surface area contributed by atoms with Crippen molar-refractivity contribution in [1.82, 2.24) is 4.90 Å². The van der Waals surface area contributed by atoms with E-state index in [1.807, 2.05) is 18.7 Å². The maximum absolute atomic E-state index is 12.7. The second-order valence-corrected chi connectivity index (χ2v) is 6.20. The molecule has 0 unspecified atom stereocenters. The summed E-state index contributed by atoms with van der Waals surface area (Å²) in [5.74, 6) is 0.682. The number of halogens is 1. The number of carbonyl (C=O) groups excluding carboxylic acids is 1. The highest BCUT2D eigenvalue weighted by molar-refractivity contribution is 6.17. The third kappa shape index (κ3) is 3.98. The Morgan fingerprint density at radius 1 is 1.24 bits per heavy atom. The van der Waals surface area contributed by atoms with Crippen LogP contribution in [-0.2, 0) is 4.74 Å². The summed E-state index contributed by atoms with van der Waals surface area (Å²) in [6.07, 6.45) is 2.03. The van der Waals surface area contributed by atoms with Crippen molar-refractivity contribution in [1.29, 1.82) is 0 Å². The van der Waals surface area contributed by atoms with E-state index in [9.17, 15) is 4.79 Å². The first-order valence-corrected chi connectivity index (χ1v) is 8.11. The number of hydrogen-bond donors (Lipinski definition) is 0. The number of piperidine rings is 1. The second-order valence-electron chi connectivity index (χ2n) is 5.83. The van der Waals surface area contributed by atoms with Gasteiger partial charge in [-0.2, -0.15) is 0 Å². The third-order valence-electron chi connectivity index (χ3n) is 4.05.